The molecule has 2 aromatic rings. The number of piperidine rings is 2. The first-order chi connectivity index (χ1) is 23.2. The van der Waals surface area contributed by atoms with Crippen LogP contribution in [0.5, 0.6) is 5.75 Å². The van der Waals surface area contributed by atoms with Crippen molar-refractivity contribution in [1.29, 1.82) is 0 Å². The molecule has 5 fully saturated rings. The molecule has 0 aromatic heterocycles. The molecule has 13 nitrogen and oxygen atoms in total. The lowest BCUT2D eigenvalue weighted by atomic mass is 9.94. The number of hydrogen-bond acceptors (Lipinski definition) is 10. The van der Waals surface area contributed by atoms with Crippen molar-refractivity contribution in [2.75, 3.05) is 62.7 Å². The molecule has 1 aliphatic carbocycles. The molecular weight excluding hydrogens is 616 g/mol. The standard InChI is InChI=1S/C35H40N6O7/c1-48-31-14-29(26(21-2-3-21)13-30(31)41(46)47)38-10-8-20(9-11-38)15-37-16-22-18-39(19-23(22)17-37)24-4-5-25-27(12-24)35(45)40(34(25)44)28-6-7-32(42)36-33(28)43/h4-5,12-14,20-23,28H,2-3,6-11,15-19H2,1H3,(H,36,42,43). The van der Waals surface area contributed by atoms with Crippen LogP contribution in [-0.2, 0) is 9.59 Å². The number of nitro groups is 1. The molecule has 4 saturated heterocycles. The number of nitro benzene ring substituents is 1. The Labute approximate surface area is 278 Å². The zero-order chi connectivity index (χ0) is 33.3. The molecule has 3 atom stereocenters. The van der Waals surface area contributed by atoms with E-state index in [0.717, 1.165) is 93.3 Å². The van der Waals surface area contributed by atoms with Gasteiger partial charge in [0.2, 0.25) is 11.8 Å². The number of amides is 4. The Hall–Kier alpha value is -4.52. The van der Waals surface area contributed by atoms with Gasteiger partial charge < -0.3 is 19.4 Å². The van der Waals surface area contributed by atoms with Crippen molar-refractivity contribution in [1.82, 2.24) is 15.1 Å². The number of nitrogens with zero attached hydrogens (tertiary/aromatic N) is 5. The predicted molar refractivity (Wildman–Crippen MR) is 175 cm³/mol. The van der Waals surface area contributed by atoms with Crippen LogP contribution in [0.1, 0.15) is 70.7 Å². The first-order valence-electron chi connectivity index (χ1n) is 17.1. The molecule has 13 heteroatoms. The molecule has 1 saturated carbocycles. The van der Waals surface area contributed by atoms with Gasteiger partial charge in [0, 0.05) is 75.7 Å². The Kier molecular flexibility index (Phi) is 7.61. The van der Waals surface area contributed by atoms with Gasteiger partial charge in [-0.3, -0.25) is 39.5 Å². The summed E-state index contributed by atoms with van der Waals surface area (Å²) in [7, 11) is 1.49. The number of benzene rings is 2. The molecule has 0 bridgehead atoms. The molecule has 252 valence electrons. The number of carbonyl (C=O) groups is 4. The van der Waals surface area contributed by atoms with E-state index in [1.54, 1.807) is 18.2 Å². The summed E-state index contributed by atoms with van der Waals surface area (Å²) in [5.74, 6) is 0.456. The topological polar surface area (TPSA) is 146 Å². The van der Waals surface area contributed by atoms with Gasteiger partial charge in [0.15, 0.2) is 5.75 Å². The molecular formula is C35H40N6O7. The molecule has 0 radical (unpaired) electrons. The zero-order valence-electron chi connectivity index (χ0n) is 27.1. The fourth-order valence-corrected chi connectivity index (χ4v) is 8.70. The minimum absolute atomic E-state index is 0.0485. The van der Waals surface area contributed by atoms with E-state index in [4.69, 9.17) is 4.74 Å². The van der Waals surface area contributed by atoms with Gasteiger partial charge in [-0.25, -0.2) is 0 Å². The van der Waals surface area contributed by atoms with Crippen molar-refractivity contribution >= 4 is 40.7 Å². The number of rotatable bonds is 8. The maximum absolute atomic E-state index is 13.3. The average Bonchev–Trinajstić information content (AvgIpc) is 3.68. The molecule has 3 unspecified atom stereocenters. The summed E-state index contributed by atoms with van der Waals surface area (Å²) in [6, 6.07) is 8.05. The number of nitrogens with one attached hydrogen (secondary N) is 1. The van der Waals surface area contributed by atoms with E-state index in [1.807, 2.05) is 12.1 Å². The number of anilines is 2. The highest BCUT2D eigenvalue weighted by molar-refractivity contribution is 6.23. The van der Waals surface area contributed by atoms with Crippen LogP contribution in [0.15, 0.2) is 30.3 Å². The van der Waals surface area contributed by atoms with Gasteiger partial charge in [-0.05, 0) is 79.5 Å². The van der Waals surface area contributed by atoms with E-state index < -0.39 is 23.8 Å². The highest BCUT2D eigenvalue weighted by Crippen LogP contribution is 2.48. The zero-order valence-corrected chi connectivity index (χ0v) is 27.1. The van der Waals surface area contributed by atoms with Crippen LogP contribution < -0.4 is 19.9 Å². The molecule has 1 N–H and O–H groups in total. The largest absolute Gasteiger partial charge is 0.490 e. The molecule has 5 aliphatic heterocycles. The van der Waals surface area contributed by atoms with Gasteiger partial charge in [0.1, 0.15) is 6.04 Å². The van der Waals surface area contributed by atoms with Crippen LogP contribution in [0.4, 0.5) is 17.1 Å². The number of ether oxygens (including phenoxy) is 1. The van der Waals surface area contributed by atoms with E-state index in [0.29, 0.717) is 40.5 Å². The van der Waals surface area contributed by atoms with E-state index in [1.165, 1.54) is 7.11 Å². The van der Waals surface area contributed by atoms with Gasteiger partial charge in [-0.1, -0.05) is 0 Å². The lowest BCUT2D eigenvalue weighted by Gasteiger charge is -2.36. The molecule has 0 spiro atoms. The predicted octanol–water partition coefficient (Wildman–Crippen LogP) is 3.17. The second kappa shape index (κ2) is 11.9. The average molecular weight is 657 g/mol. The summed E-state index contributed by atoms with van der Waals surface area (Å²) >= 11 is 0. The fourth-order valence-electron chi connectivity index (χ4n) is 8.70. The maximum atomic E-state index is 13.3. The van der Waals surface area contributed by atoms with E-state index in [-0.39, 0.29) is 29.4 Å². The maximum Gasteiger partial charge on any atom is 0.311 e. The van der Waals surface area contributed by atoms with E-state index in [9.17, 15) is 29.3 Å². The number of hydrogen-bond donors (Lipinski definition) is 1. The quantitative estimate of drug-likeness (QED) is 0.256. The molecule has 8 rings (SSSR count). The first-order valence-corrected chi connectivity index (χ1v) is 17.1. The van der Waals surface area contributed by atoms with Gasteiger partial charge in [0.05, 0.1) is 23.2 Å². The third-order valence-corrected chi connectivity index (χ3v) is 11.4. The van der Waals surface area contributed by atoms with Crippen LogP contribution in [0, 0.1) is 27.9 Å². The highest BCUT2D eigenvalue weighted by atomic mass is 16.6. The molecule has 2 aromatic carbocycles. The Bertz CT molecular complexity index is 1700. The summed E-state index contributed by atoms with van der Waals surface area (Å²) in [6.45, 7) is 6.80. The smallest absolute Gasteiger partial charge is 0.311 e. The minimum Gasteiger partial charge on any atom is -0.490 e. The minimum atomic E-state index is -0.964. The van der Waals surface area contributed by atoms with E-state index in [2.05, 4.69) is 20.0 Å². The number of carbonyl (C=O) groups excluding carboxylic acids is 4. The summed E-state index contributed by atoms with van der Waals surface area (Å²) in [5.41, 5.74) is 3.78. The number of imide groups is 2. The van der Waals surface area contributed by atoms with Crippen molar-refractivity contribution < 1.29 is 28.8 Å². The van der Waals surface area contributed by atoms with Crippen molar-refractivity contribution in [2.24, 2.45) is 17.8 Å². The lowest BCUT2D eigenvalue weighted by Crippen LogP contribution is -2.54. The third kappa shape index (κ3) is 5.37. The molecule has 5 heterocycles. The van der Waals surface area contributed by atoms with Gasteiger partial charge in [0.25, 0.3) is 11.8 Å². The van der Waals surface area contributed by atoms with Crippen LogP contribution in [-0.4, -0.2) is 97.3 Å². The Morgan fingerprint density at radius 2 is 1.58 bits per heavy atom. The van der Waals surface area contributed by atoms with Crippen LogP contribution in [0.2, 0.25) is 0 Å². The monoisotopic (exact) mass is 656 g/mol. The van der Waals surface area contributed by atoms with Gasteiger partial charge in [-0.15, -0.1) is 0 Å². The third-order valence-electron chi connectivity index (χ3n) is 11.4. The summed E-state index contributed by atoms with van der Waals surface area (Å²) in [6.07, 6.45) is 4.56. The van der Waals surface area contributed by atoms with Crippen molar-refractivity contribution in [2.45, 2.75) is 50.5 Å². The summed E-state index contributed by atoms with van der Waals surface area (Å²) in [5, 5.41) is 13.9. The number of fused-ring (bicyclic) bond motifs is 2. The Balaban J connectivity index is 0.862. The van der Waals surface area contributed by atoms with Crippen LogP contribution in [0.25, 0.3) is 0 Å². The lowest BCUT2D eigenvalue weighted by molar-refractivity contribution is -0.385. The number of likely N-dealkylation sites (tertiary alicyclic amines) is 1. The normalized spacial score (nSPS) is 26.3. The molecule has 48 heavy (non-hydrogen) atoms. The van der Waals surface area contributed by atoms with Crippen LogP contribution >= 0.6 is 0 Å². The Morgan fingerprint density at radius 1 is 0.875 bits per heavy atom. The Morgan fingerprint density at radius 3 is 2.23 bits per heavy atom. The van der Waals surface area contributed by atoms with Crippen molar-refractivity contribution in [3.63, 3.8) is 0 Å². The second-order valence-corrected chi connectivity index (χ2v) is 14.4. The van der Waals surface area contributed by atoms with Crippen LogP contribution in [0.3, 0.4) is 0 Å². The van der Waals surface area contributed by atoms with Gasteiger partial charge in [-0.2, -0.15) is 0 Å². The number of methoxy groups -OCH3 is 1. The second-order valence-electron chi connectivity index (χ2n) is 14.4. The highest BCUT2D eigenvalue weighted by Gasteiger charge is 2.46. The summed E-state index contributed by atoms with van der Waals surface area (Å²) in [4.78, 5) is 70.1. The fraction of sp³-hybridized carbons (Fsp3) is 0.543. The SMILES string of the molecule is COc1cc(N2CCC(CN3CC4CN(c5ccc6c(c5)C(=O)N(C5CCC(=O)NC5=O)C6=O)CC4C3)CC2)c(C2CC2)cc1[N+](=O)[O-]. The van der Waals surface area contributed by atoms with Crippen molar-refractivity contribution in [3.05, 3.63) is 57.1 Å². The summed E-state index contributed by atoms with van der Waals surface area (Å²) < 4.78 is 5.41. The molecule has 4 amide bonds. The molecule has 6 aliphatic rings. The first kappa shape index (κ1) is 30.8. The van der Waals surface area contributed by atoms with E-state index >= 15 is 0 Å². The van der Waals surface area contributed by atoms with Gasteiger partial charge >= 0.3 is 5.69 Å². The van der Waals surface area contributed by atoms with Crippen molar-refractivity contribution in [3.8, 4) is 5.75 Å².